The number of likely N-dealkylation sites (N-methyl/N-ethyl adjacent to an activating group) is 1. The second kappa shape index (κ2) is 6.89. The number of hydrogen-bond acceptors (Lipinski definition) is 8. The number of amides is 1. The zero-order valence-electron chi connectivity index (χ0n) is 13.4. The SMILES string of the molecule is COC(=O)CN/C=C1\C(=O)N(C)Cc2cc([N+](=O)[O-])ccc2S1(=O)=O. The summed E-state index contributed by atoms with van der Waals surface area (Å²) in [5.74, 6) is -1.43. The average Bonchev–Trinajstić information content (AvgIpc) is 2.62. The first-order chi connectivity index (χ1) is 11.7. The van der Waals surface area contributed by atoms with Crippen LogP contribution in [0.4, 0.5) is 5.69 Å². The highest BCUT2D eigenvalue weighted by molar-refractivity contribution is 7.96. The number of carbonyl (C=O) groups excluding carboxylic acids is 2. The van der Waals surface area contributed by atoms with Gasteiger partial charge in [0.25, 0.3) is 11.6 Å². The minimum Gasteiger partial charge on any atom is -0.468 e. The minimum absolute atomic E-state index is 0.108. The van der Waals surface area contributed by atoms with Gasteiger partial charge in [-0.2, -0.15) is 0 Å². The van der Waals surface area contributed by atoms with Crippen molar-refractivity contribution < 1.29 is 27.7 Å². The van der Waals surface area contributed by atoms with Crippen LogP contribution in [0.15, 0.2) is 34.2 Å². The molecule has 1 N–H and O–H groups in total. The number of rotatable bonds is 4. The van der Waals surface area contributed by atoms with Crippen LogP contribution in [0.5, 0.6) is 0 Å². The summed E-state index contributed by atoms with van der Waals surface area (Å²) in [5, 5.41) is 13.3. The number of esters is 1. The van der Waals surface area contributed by atoms with Gasteiger partial charge < -0.3 is 15.0 Å². The standard InChI is InChI=1S/C14H15N3O7S/c1-16-8-9-5-10(17(20)21)3-4-11(9)25(22,23)12(14(16)19)6-15-7-13(18)24-2/h3-6,15H,7-8H2,1-2H3/b12-6+. The molecule has 2 rings (SSSR count). The van der Waals surface area contributed by atoms with E-state index in [2.05, 4.69) is 10.1 Å². The number of fused-ring (bicyclic) bond motifs is 1. The van der Waals surface area contributed by atoms with E-state index in [1.54, 1.807) is 0 Å². The van der Waals surface area contributed by atoms with Crippen molar-refractivity contribution in [3.63, 3.8) is 0 Å². The van der Waals surface area contributed by atoms with Crippen molar-refractivity contribution in [1.82, 2.24) is 10.2 Å². The van der Waals surface area contributed by atoms with Crippen molar-refractivity contribution in [2.75, 3.05) is 20.7 Å². The number of hydrogen-bond donors (Lipinski definition) is 1. The highest BCUT2D eigenvalue weighted by atomic mass is 32.2. The Morgan fingerprint density at radius 3 is 2.76 bits per heavy atom. The fourth-order valence-electron chi connectivity index (χ4n) is 2.25. The molecule has 25 heavy (non-hydrogen) atoms. The normalized spacial score (nSPS) is 17.6. The molecular weight excluding hydrogens is 354 g/mol. The maximum Gasteiger partial charge on any atom is 0.325 e. The summed E-state index contributed by atoms with van der Waals surface area (Å²) in [6.07, 6.45) is 0.932. The first kappa shape index (κ1) is 18.4. The molecule has 1 aromatic rings. The van der Waals surface area contributed by atoms with E-state index in [9.17, 15) is 28.1 Å². The Balaban J connectivity index is 2.52. The van der Waals surface area contributed by atoms with Gasteiger partial charge in [-0.05, 0) is 11.6 Å². The van der Waals surface area contributed by atoms with Crippen LogP contribution in [0.1, 0.15) is 5.56 Å². The van der Waals surface area contributed by atoms with Crippen LogP contribution in [-0.4, -0.2) is 50.8 Å². The smallest absolute Gasteiger partial charge is 0.325 e. The van der Waals surface area contributed by atoms with E-state index in [0.717, 1.165) is 29.3 Å². The quantitative estimate of drug-likeness (QED) is 0.337. The van der Waals surface area contributed by atoms with E-state index in [4.69, 9.17) is 0 Å². The third kappa shape index (κ3) is 3.60. The number of methoxy groups -OCH3 is 1. The molecule has 0 saturated heterocycles. The van der Waals surface area contributed by atoms with Crippen LogP contribution in [0.2, 0.25) is 0 Å². The molecule has 1 amide bonds. The van der Waals surface area contributed by atoms with Gasteiger partial charge in [-0.25, -0.2) is 8.42 Å². The maximum atomic E-state index is 12.8. The van der Waals surface area contributed by atoms with E-state index >= 15 is 0 Å². The van der Waals surface area contributed by atoms with Crippen molar-refractivity contribution in [2.45, 2.75) is 11.4 Å². The van der Waals surface area contributed by atoms with Gasteiger partial charge in [0.15, 0.2) is 4.91 Å². The van der Waals surface area contributed by atoms with E-state index < -0.39 is 31.5 Å². The van der Waals surface area contributed by atoms with Gasteiger partial charge in [0, 0.05) is 31.9 Å². The molecule has 0 aromatic heterocycles. The lowest BCUT2D eigenvalue weighted by molar-refractivity contribution is -0.385. The van der Waals surface area contributed by atoms with Crippen molar-refractivity contribution in [2.24, 2.45) is 0 Å². The number of nitrogens with one attached hydrogen (secondary N) is 1. The molecule has 1 heterocycles. The topological polar surface area (TPSA) is 136 Å². The van der Waals surface area contributed by atoms with Crippen LogP contribution in [0, 0.1) is 10.1 Å². The fourth-order valence-corrected chi connectivity index (χ4v) is 3.83. The summed E-state index contributed by atoms with van der Waals surface area (Å²) in [7, 11) is -1.67. The number of sulfone groups is 1. The Morgan fingerprint density at radius 2 is 2.16 bits per heavy atom. The van der Waals surface area contributed by atoms with Gasteiger partial charge in [0.2, 0.25) is 9.84 Å². The molecule has 11 heteroatoms. The van der Waals surface area contributed by atoms with Crippen molar-refractivity contribution in [3.8, 4) is 0 Å². The lowest BCUT2D eigenvalue weighted by Gasteiger charge is -2.14. The number of nitro benzene ring substituents is 1. The zero-order chi connectivity index (χ0) is 18.8. The highest BCUT2D eigenvalue weighted by Gasteiger charge is 2.35. The van der Waals surface area contributed by atoms with E-state index in [-0.39, 0.29) is 29.2 Å². The Morgan fingerprint density at radius 1 is 1.48 bits per heavy atom. The largest absolute Gasteiger partial charge is 0.468 e. The van der Waals surface area contributed by atoms with Gasteiger partial charge in [-0.1, -0.05) is 0 Å². The molecule has 0 saturated carbocycles. The molecule has 134 valence electrons. The molecule has 0 unspecified atom stereocenters. The number of benzene rings is 1. The molecule has 0 bridgehead atoms. The van der Waals surface area contributed by atoms with Crippen molar-refractivity contribution in [1.29, 1.82) is 0 Å². The Hall–Kier alpha value is -2.95. The monoisotopic (exact) mass is 369 g/mol. The summed E-state index contributed by atoms with van der Waals surface area (Å²) in [4.78, 5) is 34.1. The van der Waals surface area contributed by atoms with Crippen LogP contribution >= 0.6 is 0 Å². The zero-order valence-corrected chi connectivity index (χ0v) is 14.2. The van der Waals surface area contributed by atoms with Crippen LogP contribution < -0.4 is 5.32 Å². The van der Waals surface area contributed by atoms with Gasteiger partial charge in [-0.3, -0.25) is 19.7 Å². The molecule has 0 fully saturated rings. The molecular formula is C14H15N3O7S. The Bertz CT molecular complexity index is 876. The second-order valence-corrected chi connectivity index (χ2v) is 7.07. The van der Waals surface area contributed by atoms with Gasteiger partial charge in [-0.15, -0.1) is 0 Å². The average molecular weight is 369 g/mol. The Labute approximate surface area is 143 Å². The predicted octanol–water partition coefficient (Wildman–Crippen LogP) is -0.0555. The van der Waals surface area contributed by atoms with Crippen molar-refractivity contribution in [3.05, 3.63) is 45.0 Å². The number of nitro groups is 1. The molecule has 1 aliphatic heterocycles. The number of ether oxygens (including phenoxy) is 1. The summed E-state index contributed by atoms with van der Waals surface area (Å²) >= 11 is 0. The molecule has 0 radical (unpaired) electrons. The maximum absolute atomic E-state index is 12.8. The number of non-ortho nitro benzene ring substituents is 1. The summed E-state index contributed by atoms with van der Waals surface area (Å²) in [6.45, 7) is -0.428. The Kier molecular flexibility index (Phi) is 5.07. The minimum atomic E-state index is -4.22. The third-order valence-corrected chi connectivity index (χ3v) is 5.35. The summed E-state index contributed by atoms with van der Waals surface area (Å²) in [6, 6.07) is 3.29. The number of nitrogens with zero attached hydrogens (tertiary/aromatic N) is 2. The summed E-state index contributed by atoms with van der Waals surface area (Å²) < 4.78 is 29.9. The van der Waals surface area contributed by atoms with Gasteiger partial charge in [0.1, 0.15) is 6.54 Å². The van der Waals surface area contributed by atoms with Crippen molar-refractivity contribution >= 4 is 27.4 Å². The highest BCUT2D eigenvalue weighted by Crippen LogP contribution is 2.31. The second-order valence-electron chi connectivity index (χ2n) is 5.18. The van der Waals surface area contributed by atoms with E-state index in [0.29, 0.717) is 0 Å². The predicted molar refractivity (Wildman–Crippen MR) is 84.9 cm³/mol. The lowest BCUT2D eigenvalue weighted by Crippen LogP contribution is -2.29. The third-order valence-electron chi connectivity index (χ3n) is 3.51. The molecule has 0 atom stereocenters. The molecule has 10 nitrogen and oxygen atoms in total. The van der Waals surface area contributed by atoms with Crippen LogP contribution in [0.3, 0.4) is 0 Å². The van der Waals surface area contributed by atoms with Crippen LogP contribution in [0.25, 0.3) is 0 Å². The lowest BCUT2D eigenvalue weighted by atomic mass is 10.2. The van der Waals surface area contributed by atoms with Gasteiger partial charge in [0.05, 0.1) is 16.9 Å². The molecule has 0 spiro atoms. The summed E-state index contributed by atoms with van der Waals surface area (Å²) in [5.41, 5.74) is -0.132. The van der Waals surface area contributed by atoms with E-state index in [1.807, 2.05) is 0 Å². The van der Waals surface area contributed by atoms with E-state index in [1.165, 1.54) is 14.2 Å². The first-order valence-corrected chi connectivity index (χ1v) is 8.45. The molecule has 1 aliphatic rings. The van der Waals surface area contributed by atoms with Crippen LogP contribution in [-0.2, 0) is 30.7 Å². The number of carbonyl (C=O) groups is 2. The van der Waals surface area contributed by atoms with Gasteiger partial charge >= 0.3 is 5.97 Å². The molecule has 0 aliphatic carbocycles. The first-order valence-electron chi connectivity index (χ1n) is 6.96. The molecule has 1 aromatic carbocycles. The fraction of sp³-hybridized carbons (Fsp3) is 0.286.